The minimum Gasteiger partial charge on any atom is -0.493 e. The normalized spacial score (nSPS) is 11.4. The molecule has 0 unspecified atom stereocenters. The third-order valence-corrected chi connectivity index (χ3v) is 5.52. The van der Waals surface area contributed by atoms with Crippen molar-refractivity contribution >= 4 is 16.0 Å². The molecular weight excluding hydrogens is 374 g/mol. The van der Waals surface area contributed by atoms with Crippen molar-refractivity contribution in [1.82, 2.24) is 4.31 Å². The molecule has 2 aromatic rings. The maximum atomic E-state index is 12.0. The van der Waals surface area contributed by atoms with Crippen molar-refractivity contribution in [3.63, 3.8) is 0 Å². The number of para-hydroxylation sites is 1. The molecular formula is C18H23NO7S. The summed E-state index contributed by atoms with van der Waals surface area (Å²) in [5, 5.41) is -0.195. The van der Waals surface area contributed by atoms with Crippen LogP contribution >= 0.6 is 0 Å². The van der Waals surface area contributed by atoms with Crippen molar-refractivity contribution in [3.8, 4) is 11.5 Å². The van der Waals surface area contributed by atoms with E-state index in [9.17, 15) is 13.2 Å². The Balaban J connectivity index is 1.92. The zero-order valence-electron chi connectivity index (χ0n) is 15.7. The number of ether oxygens (including phenoxy) is 3. The highest BCUT2D eigenvalue weighted by Crippen LogP contribution is 2.31. The second kappa shape index (κ2) is 8.92. The molecule has 0 fully saturated rings. The Bertz CT molecular complexity index is 887. The molecule has 0 amide bonds. The molecule has 0 atom stereocenters. The number of methoxy groups -OCH3 is 2. The Hall–Kier alpha value is -2.52. The van der Waals surface area contributed by atoms with Crippen molar-refractivity contribution in [2.24, 2.45) is 0 Å². The first-order valence-electron chi connectivity index (χ1n) is 8.16. The van der Waals surface area contributed by atoms with Gasteiger partial charge in [-0.25, -0.2) is 12.7 Å². The topological polar surface area (TPSA) is 95.3 Å². The number of hydrogen-bond donors (Lipinski definition) is 0. The number of carbonyl (C=O) groups excluding carboxylic acids is 1. The zero-order chi connectivity index (χ0) is 20.0. The number of nitrogens with zero attached hydrogens (tertiary/aromatic N) is 1. The summed E-state index contributed by atoms with van der Waals surface area (Å²) in [6.07, 6.45) is 0.546. The van der Waals surface area contributed by atoms with Crippen molar-refractivity contribution in [1.29, 1.82) is 0 Å². The zero-order valence-corrected chi connectivity index (χ0v) is 16.5. The molecule has 0 saturated carbocycles. The predicted molar refractivity (Wildman–Crippen MR) is 97.2 cm³/mol. The molecule has 9 heteroatoms. The number of furan rings is 1. The van der Waals surface area contributed by atoms with Gasteiger partial charge < -0.3 is 18.6 Å². The summed E-state index contributed by atoms with van der Waals surface area (Å²) in [6.45, 7) is -0.142. The largest absolute Gasteiger partial charge is 0.493 e. The maximum absolute atomic E-state index is 12.0. The van der Waals surface area contributed by atoms with Gasteiger partial charge in [0.1, 0.15) is 12.4 Å². The number of benzene rings is 1. The number of rotatable bonds is 9. The van der Waals surface area contributed by atoms with E-state index in [0.29, 0.717) is 17.9 Å². The van der Waals surface area contributed by atoms with E-state index in [1.165, 1.54) is 33.3 Å². The number of hydrogen-bond acceptors (Lipinski definition) is 7. The summed E-state index contributed by atoms with van der Waals surface area (Å²) in [6, 6.07) is 8.24. The van der Waals surface area contributed by atoms with Crippen LogP contribution in [0.15, 0.2) is 39.8 Å². The molecule has 0 saturated heterocycles. The van der Waals surface area contributed by atoms with Gasteiger partial charge in [-0.1, -0.05) is 12.1 Å². The molecule has 1 aromatic heterocycles. The molecule has 1 aromatic carbocycles. The van der Waals surface area contributed by atoms with Gasteiger partial charge in [0.2, 0.25) is 5.09 Å². The minimum atomic E-state index is -3.65. The van der Waals surface area contributed by atoms with Gasteiger partial charge in [0.15, 0.2) is 11.5 Å². The molecule has 1 heterocycles. The third-order valence-electron chi connectivity index (χ3n) is 3.83. The van der Waals surface area contributed by atoms with E-state index in [0.717, 1.165) is 9.87 Å². The van der Waals surface area contributed by atoms with Crippen LogP contribution in [0.1, 0.15) is 17.7 Å². The highest BCUT2D eigenvalue weighted by molar-refractivity contribution is 7.88. The first kappa shape index (κ1) is 20.8. The van der Waals surface area contributed by atoms with E-state index in [-0.39, 0.29) is 23.9 Å². The van der Waals surface area contributed by atoms with Crippen LogP contribution in [0.4, 0.5) is 0 Å². The van der Waals surface area contributed by atoms with Crippen molar-refractivity contribution in [2.45, 2.75) is 24.5 Å². The van der Waals surface area contributed by atoms with Gasteiger partial charge >= 0.3 is 5.97 Å². The second-order valence-corrected chi connectivity index (χ2v) is 7.90. The number of carbonyl (C=O) groups is 1. The van der Waals surface area contributed by atoms with Gasteiger partial charge in [-0.3, -0.25) is 4.79 Å². The Morgan fingerprint density at radius 3 is 2.48 bits per heavy atom. The highest BCUT2D eigenvalue weighted by atomic mass is 32.2. The number of sulfonamides is 1. The van der Waals surface area contributed by atoms with Gasteiger partial charge in [-0.2, -0.15) is 0 Å². The van der Waals surface area contributed by atoms with Gasteiger partial charge in [-0.15, -0.1) is 0 Å². The Morgan fingerprint density at radius 1 is 1.11 bits per heavy atom. The molecule has 0 bridgehead atoms. The van der Waals surface area contributed by atoms with Crippen molar-refractivity contribution in [2.75, 3.05) is 28.3 Å². The molecule has 0 aliphatic rings. The van der Waals surface area contributed by atoms with Crippen LogP contribution in [0, 0.1) is 0 Å². The van der Waals surface area contributed by atoms with E-state index in [2.05, 4.69) is 0 Å². The van der Waals surface area contributed by atoms with Crippen molar-refractivity contribution < 1.29 is 31.8 Å². The first-order valence-corrected chi connectivity index (χ1v) is 9.60. The molecule has 0 aliphatic heterocycles. The molecule has 0 aliphatic carbocycles. The molecule has 8 nitrogen and oxygen atoms in total. The molecule has 0 N–H and O–H groups in total. The van der Waals surface area contributed by atoms with Crippen LogP contribution in [-0.2, 0) is 32.6 Å². The minimum absolute atomic E-state index is 0.132. The predicted octanol–water partition coefficient (Wildman–Crippen LogP) is 2.22. The standard InChI is InChI=1S/C18H23NO7S/c1-19(2)27(21,22)17-11-9-14(26-17)12-25-16(20)10-8-13-6-5-7-15(23-3)18(13)24-4/h5-7,9,11H,8,10,12H2,1-4H3. The lowest BCUT2D eigenvalue weighted by Crippen LogP contribution is -2.21. The SMILES string of the molecule is COc1cccc(CCC(=O)OCc2ccc(S(=O)(=O)N(C)C)o2)c1OC. The van der Waals surface area contributed by atoms with E-state index < -0.39 is 16.0 Å². The van der Waals surface area contributed by atoms with Crippen molar-refractivity contribution in [3.05, 3.63) is 41.7 Å². The van der Waals surface area contributed by atoms with Gasteiger partial charge in [0.05, 0.1) is 14.2 Å². The monoisotopic (exact) mass is 397 g/mol. The summed E-state index contributed by atoms with van der Waals surface area (Å²) in [5.74, 6) is 0.988. The lowest BCUT2D eigenvalue weighted by atomic mass is 10.1. The summed E-state index contributed by atoms with van der Waals surface area (Å²) >= 11 is 0. The molecule has 0 spiro atoms. The van der Waals surface area contributed by atoms with Gasteiger partial charge in [0.25, 0.3) is 10.0 Å². The van der Waals surface area contributed by atoms with Crippen LogP contribution in [0.2, 0.25) is 0 Å². The summed E-state index contributed by atoms with van der Waals surface area (Å²) < 4.78 is 45.9. The summed E-state index contributed by atoms with van der Waals surface area (Å²) in [7, 11) is 2.24. The second-order valence-electron chi connectivity index (χ2n) is 5.82. The first-order chi connectivity index (χ1) is 12.8. The van der Waals surface area contributed by atoms with Gasteiger partial charge in [0, 0.05) is 20.5 Å². The van der Waals surface area contributed by atoms with E-state index in [1.807, 2.05) is 12.1 Å². The maximum Gasteiger partial charge on any atom is 0.306 e. The molecule has 27 heavy (non-hydrogen) atoms. The van der Waals surface area contributed by atoms with E-state index in [1.54, 1.807) is 13.2 Å². The fraction of sp³-hybridized carbons (Fsp3) is 0.389. The Morgan fingerprint density at radius 2 is 1.85 bits per heavy atom. The van der Waals surface area contributed by atoms with Crippen LogP contribution < -0.4 is 9.47 Å². The lowest BCUT2D eigenvalue weighted by molar-refractivity contribution is -0.145. The number of aryl methyl sites for hydroxylation is 1. The van der Waals surface area contributed by atoms with Crippen LogP contribution in [0.5, 0.6) is 11.5 Å². The van der Waals surface area contributed by atoms with E-state index >= 15 is 0 Å². The fourth-order valence-electron chi connectivity index (χ4n) is 2.37. The lowest BCUT2D eigenvalue weighted by Gasteiger charge is -2.12. The Labute approximate surface area is 158 Å². The molecule has 148 valence electrons. The summed E-state index contributed by atoms with van der Waals surface area (Å²) in [4.78, 5) is 12.0. The van der Waals surface area contributed by atoms with Crippen LogP contribution in [0.3, 0.4) is 0 Å². The Kier molecular flexibility index (Phi) is 6.86. The van der Waals surface area contributed by atoms with Gasteiger partial charge in [-0.05, 0) is 30.2 Å². The molecule has 0 radical (unpaired) electrons. The van der Waals surface area contributed by atoms with E-state index in [4.69, 9.17) is 18.6 Å². The fourth-order valence-corrected chi connectivity index (χ4v) is 3.18. The molecule has 2 rings (SSSR count). The third kappa shape index (κ3) is 5.01. The van der Waals surface area contributed by atoms with Crippen LogP contribution in [-0.4, -0.2) is 47.0 Å². The quantitative estimate of drug-likeness (QED) is 0.599. The average Bonchev–Trinajstić information content (AvgIpc) is 3.13. The van der Waals surface area contributed by atoms with Crippen LogP contribution in [0.25, 0.3) is 0 Å². The smallest absolute Gasteiger partial charge is 0.306 e. The average molecular weight is 397 g/mol. The highest BCUT2D eigenvalue weighted by Gasteiger charge is 2.21. The number of esters is 1. The summed E-state index contributed by atoms with van der Waals surface area (Å²) in [5.41, 5.74) is 0.825.